The fourth-order valence-corrected chi connectivity index (χ4v) is 1.04. The predicted octanol–water partition coefficient (Wildman–Crippen LogP) is 2.46. The summed E-state index contributed by atoms with van der Waals surface area (Å²) >= 11 is 0. The summed E-state index contributed by atoms with van der Waals surface area (Å²) in [6.07, 6.45) is 0.600. The molecular weight excluding hydrogens is 205 g/mol. The van der Waals surface area contributed by atoms with Gasteiger partial charge in [-0.25, -0.2) is 0 Å². The Hall–Kier alpha value is -1.36. The van der Waals surface area contributed by atoms with E-state index in [1.165, 1.54) is 24.4 Å². The number of nitrogens with two attached hydrogens (primary N) is 1. The molecule has 82 valence electrons. The number of nitrogens with zero attached hydrogens (tertiary/aromatic N) is 1. The Morgan fingerprint density at radius 1 is 1.47 bits per heavy atom. The largest absolute Gasteiger partial charge is 0.418 e. The predicted molar refractivity (Wildman–Crippen MR) is 51.9 cm³/mol. The van der Waals surface area contributed by atoms with Crippen LogP contribution in [0.2, 0.25) is 0 Å². The second kappa shape index (κ2) is 4.44. The maximum Gasteiger partial charge on any atom is 0.418 e. The molecule has 5 heteroatoms. The Morgan fingerprint density at radius 2 is 2.13 bits per heavy atom. The summed E-state index contributed by atoms with van der Waals surface area (Å²) in [5.41, 5.74) is 4.75. The minimum absolute atomic E-state index is 0.0785. The summed E-state index contributed by atoms with van der Waals surface area (Å²) in [5, 5.41) is 0. The molecule has 15 heavy (non-hydrogen) atoms. The van der Waals surface area contributed by atoms with Crippen molar-refractivity contribution in [3.05, 3.63) is 35.7 Å². The summed E-state index contributed by atoms with van der Waals surface area (Å²) in [4.78, 5) is 3.45. The van der Waals surface area contributed by atoms with E-state index in [1.54, 1.807) is 6.92 Å². The van der Waals surface area contributed by atoms with E-state index in [4.69, 9.17) is 5.73 Å². The van der Waals surface area contributed by atoms with Crippen LogP contribution < -0.4 is 5.73 Å². The van der Waals surface area contributed by atoms with Gasteiger partial charge < -0.3 is 5.73 Å². The topological polar surface area (TPSA) is 38.9 Å². The van der Waals surface area contributed by atoms with E-state index in [1.807, 2.05) is 0 Å². The van der Waals surface area contributed by atoms with Crippen molar-refractivity contribution in [1.29, 1.82) is 0 Å². The zero-order valence-electron chi connectivity index (χ0n) is 8.12. The highest BCUT2D eigenvalue weighted by atomic mass is 19.4. The zero-order chi connectivity index (χ0) is 11.5. The number of rotatable bonds is 2. The fraction of sp³-hybridized carbons (Fsp3) is 0.300. The van der Waals surface area contributed by atoms with Gasteiger partial charge in [0, 0.05) is 18.4 Å². The van der Waals surface area contributed by atoms with Gasteiger partial charge in [0.1, 0.15) is 0 Å². The number of alkyl halides is 3. The molecule has 0 bridgehead atoms. The Kier molecular flexibility index (Phi) is 3.47. The minimum atomic E-state index is -4.38. The first kappa shape index (κ1) is 11.7. The molecule has 1 heterocycles. The zero-order valence-corrected chi connectivity index (χ0v) is 8.12. The molecule has 1 aromatic rings. The van der Waals surface area contributed by atoms with Crippen LogP contribution in [0.25, 0.3) is 6.08 Å². The average molecular weight is 216 g/mol. The highest BCUT2D eigenvalue weighted by Crippen LogP contribution is 2.31. The normalized spacial score (nSPS) is 14.5. The van der Waals surface area contributed by atoms with Crippen molar-refractivity contribution in [1.82, 2.24) is 4.98 Å². The molecule has 0 amide bonds. The van der Waals surface area contributed by atoms with E-state index in [2.05, 4.69) is 4.98 Å². The molecule has 1 rings (SSSR count). The molecule has 0 aliphatic heterocycles. The minimum Gasteiger partial charge on any atom is -0.325 e. The van der Waals surface area contributed by atoms with Crippen molar-refractivity contribution in [2.45, 2.75) is 19.1 Å². The van der Waals surface area contributed by atoms with Crippen LogP contribution in [0.1, 0.15) is 18.1 Å². The molecule has 1 aromatic heterocycles. The van der Waals surface area contributed by atoms with E-state index in [-0.39, 0.29) is 11.6 Å². The molecule has 1 unspecified atom stereocenters. The maximum atomic E-state index is 12.5. The number of halogens is 3. The number of hydrogen-bond acceptors (Lipinski definition) is 2. The molecule has 0 radical (unpaired) electrons. The third kappa shape index (κ3) is 3.36. The van der Waals surface area contributed by atoms with Gasteiger partial charge in [-0.1, -0.05) is 12.2 Å². The van der Waals surface area contributed by atoms with E-state index in [9.17, 15) is 13.2 Å². The third-order valence-corrected chi connectivity index (χ3v) is 1.74. The molecule has 0 spiro atoms. The highest BCUT2D eigenvalue weighted by molar-refractivity contribution is 5.54. The lowest BCUT2D eigenvalue weighted by Gasteiger charge is -2.09. The first-order valence-corrected chi connectivity index (χ1v) is 4.36. The van der Waals surface area contributed by atoms with Crippen molar-refractivity contribution < 1.29 is 13.2 Å². The average Bonchev–Trinajstić information content (AvgIpc) is 2.13. The fourth-order valence-electron chi connectivity index (χ4n) is 1.04. The molecule has 0 aliphatic rings. The molecule has 2 nitrogen and oxygen atoms in total. The van der Waals surface area contributed by atoms with Crippen LogP contribution in [0.5, 0.6) is 0 Å². The quantitative estimate of drug-likeness (QED) is 0.824. The van der Waals surface area contributed by atoms with Gasteiger partial charge in [0.25, 0.3) is 0 Å². The first-order valence-electron chi connectivity index (χ1n) is 4.36. The van der Waals surface area contributed by atoms with Crippen LogP contribution in [0, 0.1) is 0 Å². The van der Waals surface area contributed by atoms with Crippen LogP contribution in [0.15, 0.2) is 24.5 Å². The van der Waals surface area contributed by atoms with Gasteiger partial charge in [-0.2, -0.15) is 13.2 Å². The van der Waals surface area contributed by atoms with Crippen molar-refractivity contribution >= 4 is 6.08 Å². The number of aromatic nitrogens is 1. The standard InChI is InChI=1S/C10H11F3N2/c1-7(14)2-3-8-4-5-15-6-9(8)10(11,12)13/h2-7H,14H2,1H3/b3-2+. The molecule has 2 N–H and O–H groups in total. The smallest absolute Gasteiger partial charge is 0.325 e. The van der Waals surface area contributed by atoms with Crippen LogP contribution in [-0.4, -0.2) is 11.0 Å². The maximum absolute atomic E-state index is 12.5. The molecule has 0 aliphatic carbocycles. The lowest BCUT2D eigenvalue weighted by molar-refractivity contribution is -0.138. The molecule has 0 saturated heterocycles. The van der Waals surface area contributed by atoms with E-state index >= 15 is 0 Å². The Morgan fingerprint density at radius 3 is 2.67 bits per heavy atom. The van der Waals surface area contributed by atoms with Crippen molar-refractivity contribution in [3.8, 4) is 0 Å². The van der Waals surface area contributed by atoms with Gasteiger partial charge in [0.05, 0.1) is 5.56 Å². The second-order valence-electron chi connectivity index (χ2n) is 3.18. The summed E-state index contributed by atoms with van der Waals surface area (Å²) in [6, 6.07) is 1.03. The molecule has 0 saturated carbocycles. The monoisotopic (exact) mass is 216 g/mol. The Labute approximate surface area is 85.6 Å². The van der Waals surface area contributed by atoms with E-state index in [0.717, 1.165) is 6.20 Å². The second-order valence-corrected chi connectivity index (χ2v) is 3.18. The van der Waals surface area contributed by atoms with Gasteiger partial charge in [-0.3, -0.25) is 4.98 Å². The molecular formula is C10H11F3N2. The number of hydrogen-bond donors (Lipinski definition) is 1. The lowest BCUT2D eigenvalue weighted by atomic mass is 10.1. The Balaban J connectivity index is 3.08. The molecule has 1 atom stereocenters. The van der Waals surface area contributed by atoms with Crippen molar-refractivity contribution in [2.75, 3.05) is 0 Å². The van der Waals surface area contributed by atoms with Gasteiger partial charge >= 0.3 is 6.18 Å². The summed E-state index contributed by atoms with van der Waals surface area (Å²) in [7, 11) is 0. The summed E-state index contributed by atoms with van der Waals surface area (Å²) in [6.45, 7) is 1.69. The van der Waals surface area contributed by atoms with Gasteiger partial charge in [-0.05, 0) is 18.6 Å². The van der Waals surface area contributed by atoms with E-state index < -0.39 is 11.7 Å². The van der Waals surface area contributed by atoms with Crippen LogP contribution in [-0.2, 0) is 6.18 Å². The van der Waals surface area contributed by atoms with Crippen LogP contribution in [0.3, 0.4) is 0 Å². The third-order valence-electron chi connectivity index (χ3n) is 1.74. The van der Waals surface area contributed by atoms with Crippen molar-refractivity contribution in [3.63, 3.8) is 0 Å². The lowest BCUT2D eigenvalue weighted by Crippen LogP contribution is -2.11. The Bertz CT molecular complexity index is 356. The van der Waals surface area contributed by atoms with Crippen LogP contribution in [0.4, 0.5) is 13.2 Å². The SMILES string of the molecule is CC(N)/C=C/c1ccncc1C(F)(F)F. The molecule has 0 fully saturated rings. The van der Waals surface area contributed by atoms with E-state index in [0.29, 0.717) is 0 Å². The highest BCUT2D eigenvalue weighted by Gasteiger charge is 2.32. The summed E-state index contributed by atoms with van der Waals surface area (Å²) in [5.74, 6) is 0. The first-order chi connectivity index (χ1) is 6.91. The van der Waals surface area contributed by atoms with Gasteiger partial charge in [0.15, 0.2) is 0 Å². The summed E-state index contributed by atoms with van der Waals surface area (Å²) < 4.78 is 37.4. The molecule has 0 aromatic carbocycles. The van der Waals surface area contributed by atoms with Crippen molar-refractivity contribution in [2.24, 2.45) is 5.73 Å². The van der Waals surface area contributed by atoms with Gasteiger partial charge in [-0.15, -0.1) is 0 Å². The van der Waals surface area contributed by atoms with Gasteiger partial charge in [0.2, 0.25) is 0 Å². The van der Waals surface area contributed by atoms with Crippen LogP contribution >= 0.6 is 0 Å². The number of pyridine rings is 1.